The molecule has 0 aromatic heterocycles. The first-order chi connectivity index (χ1) is 9.08. The lowest BCUT2D eigenvalue weighted by Crippen LogP contribution is -2.55. The van der Waals surface area contributed by atoms with Gasteiger partial charge in [-0.2, -0.15) is 0 Å². The third kappa shape index (κ3) is 4.36. The number of nitrogens with one attached hydrogen (secondary N) is 1. The Morgan fingerprint density at radius 1 is 1.45 bits per heavy atom. The Balaban J connectivity index is 0.00000200. The van der Waals surface area contributed by atoms with Crippen molar-refractivity contribution >= 4 is 34.2 Å². The zero-order valence-electron chi connectivity index (χ0n) is 11.6. The van der Waals surface area contributed by atoms with Gasteiger partial charge in [0.2, 0.25) is 0 Å². The molecule has 1 amide bonds. The summed E-state index contributed by atoms with van der Waals surface area (Å²) < 4.78 is 6.70. The van der Waals surface area contributed by atoms with E-state index in [0.29, 0.717) is 5.75 Å². The van der Waals surface area contributed by atoms with Gasteiger partial charge < -0.3 is 15.0 Å². The number of amides is 1. The van der Waals surface area contributed by atoms with Gasteiger partial charge in [0, 0.05) is 30.1 Å². The van der Waals surface area contributed by atoms with E-state index in [9.17, 15) is 4.79 Å². The van der Waals surface area contributed by atoms with Crippen LogP contribution in [-0.4, -0.2) is 42.6 Å². The lowest BCUT2D eigenvalue weighted by molar-refractivity contribution is -0.140. The Morgan fingerprint density at radius 2 is 2.10 bits per heavy atom. The van der Waals surface area contributed by atoms with E-state index in [-0.39, 0.29) is 24.4 Å². The van der Waals surface area contributed by atoms with Crippen molar-refractivity contribution in [1.29, 1.82) is 0 Å². The SMILES string of the molecule is CC(Oc1ccc(Br)cc1)C(=O)N1CCNC[C@H]1C.Cl. The molecule has 1 aliphatic rings. The van der Waals surface area contributed by atoms with Crippen LogP contribution in [0.3, 0.4) is 0 Å². The number of benzene rings is 1. The van der Waals surface area contributed by atoms with Crippen LogP contribution in [-0.2, 0) is 4.79 Å². The molecule has 6 heteroatoms. The summed E-state index contributed by atoms with van der Waals surface area (Å²) in [6.45, 7) is 6.29. The van der Waals surface area contributed by atoms with Gasteiger partial charge in [-0.25, -0.2) is 0 Å². The fraction of sp³-hybridized carbons (Fsp3) is 0.500. The predicted molar refractivity (Wildman–Crippen MR) is 85.5 cm³/mol. The van der Waals surface area contributed by atoms with Crippen LogP contribution < -0.4 is 10.1 Å². The summed E-state index contributed by atoms with van der Waals surface area (Å²) in [5.41, 5.74) is 0. The Morgan fingerprint density at radius 3 is 2.70 bits per heavy atom. The van der Waals surface area contributed by atoms with Crippen LogP contribution in [0.15, 0.2) is 28.7 Å². The van der Waals surface area contributed by atoms with Gasteiger partial charge in [-0.15, -0.1) is 12.4 Å². The van der Waals surface area contributed by atoms with Gasteiger partial charge in [-0.1, -0.05) is 15.9 Å². The molecule has 1 heterocycles. The average molecular weight is 364 g/mol. The molecule has 1 aromatic rings. The molecule has 2 atom stereocenters. The van der Waals surface area contributed by atoms with E-state index >= 15 is 0 Å². The topological polar surface area (TPSA) is 41.6 Å². The molecule has 0 radical (unpaired) electrons. The monoisotopic (exact) mass is 362 g/mol. The smallest absolute Gasteiger partial charge is 0.263 e. The Hall–Kier alpha value is -0.780. The summed E-state index contributed by atoms with van der Waals surface area (Å²) in [5.74, 6) is 0.767. The molecule has 2 rings (SSSR count). The van der Waals surface area contributed by atoms with Crippen LogP contribution in [0.2, 0.25) is 0 Å². The zero-order chi connectivity index (χ0) is 13.8. The third-order valence-electron chi connectivity index (χ3n) is 3.26. The highest BCUT2D eigenvalue weighted by Crippen LogP contribution is 2.18. The number of nitrogens with zero attached hydrogens (tertiary/aromatic N) is 1. The summed E-state index contributed by atoms with van der Waals surface area (Å²) in [4.78, 5) is 14.2. The first kappa shape index (κ1) is 17.3. The highest BCUT2D eigenvalue weighted by atomic mass is 79.9. The highest BCUT2D eigenvalue weighted by Gasteiger charge is 2.27. The molecule has 0 aliphatic carbocycles. The normalized spacial score (nSPS) is 19.9. The van der Waals surface area contributed by atoms with E-state index in [1.807, 2.05) is 29.2 Å². The first-order valence-electron chi connectivity index (χ1n) is 6.51. The van der Waals surface area contributed by atoms with Gasteiger partial charge in [0.05, 0.1) is 0 Å². The number of hydrogen-bond acceptors (Lipinski definition) is 3. The van der Waals surface area contributed by atoms with E-state index < -0.39 is 6.10 Å². The summed E-state index contributed by atoms with van der Waals surface area (Å²) in [5, 5.41) is 3.27. The largest absolute Gasteiger partial charge is 0.481 e. The van der Waals surface area contributed by atoms with Gasteiger partial charge in [0.1, 0.15) is 5.75 Å². The third-order valence-corrected chi connectivity index (χ3v) is 3.79. The zero-order valence-corrected chi connectivity index (χ0v) is 14.0. The van der Waals surface area contributed by atoms with Crippen molar-refractivity contribution in [2.45, 2.75) is 26.0 Å². The van der Waals surface area contributed by atoms with Crippen molar-refractivity contribution in [2.75, 3.05) is 19.6 Å². The van der Waals surface area contributed by atoms with Gasteiger partial charge in [0.15, 0.2) is 6.10 Å². The number of halogens is 2. The van der Waals surface area contributed by atoms with Crippen LogP contribution in [0.5, 0.6) is 5.75 Å². The maximum atomic E-state index is 12.3. The van der Waals surface area contributed by atoms with Crippen LogP contribution in [0.4, 0.5) is 0 Å². The maximum absolute atomic E-state index is 12.3. The van der Waals surface area contributed by atoms with E-state index in [1.165, 1.54) is 0 Å². The van der Waals surface area contributed by atoms with Crippen molar-refractivity contribution in [3.8, 4) is 5.75 Å². The minimum Gasteiger partial charge on any atom is -0.481 e. The second kappa shape index (κ2) is 7.86. The molecule has 1 saturated heterocycles. The molecule has 1 unspecified atom stereocenters. The van der Waals surface area contributed by atoms with Crippen molar-refractivity contribution in [1.82, 2.24) is 10.2 Å². The predicted octanol–water partition coefficient (Wildman–Crippen LogP) is 2.46. The molecule has 1 aromatic carbocycles. The average Bonchev–Trinajstić information content (AvgIpc) is 2.41. The van der Waals surface area contributed by atoms with E-state index in [4.69, 9.17) is 4.74 Å². The number of piperazine rings is 1. The van der Waals surface area contributed by atoms with Crippen LogP contribution in [0.1, 0.15) is 13.8 Å². The molecular weight excluding hydrogens is 344 g/mol. The van der Waals surface area contributed by atoms with Gasteiger partial charge in [0.25, 0.3) is 5.91 Å². The summed E-state index contributed by atoms with van der Waals surface area (Å²) in [6.07, 6.45) is -0.457. The molecule has 0 bridgehead atoms. The second-order valence-electron chi connectivity index (χ2n) is 4.80. The standard InChI is InChI=1S/C14H19BrN2O2.ClH/c1-10-9-16-7-8-17(10)14(18)11(2)19-13-5-3-12(15)4-6-13;/h3-6,10-11,16H,7-9H2,1-2H3;1H/t10-,11?;/m1./s1. The number of rotatable bonds is 3. The lowest BCUT2D eigenvalue weighted by Gasteiger charge is -2.35. The molecule has 0 saturated carbocycles. The molecule has 1 fully saturated rings. The number of carbonyl (C=O) groups is 1. The fourth-order valence-electron chi connectivity index (χ4n) is 2.17. The summed E-state index contributed by atoms with van der Waals surface area (Å²) in [7, 11) is 0. The van der Waals surface area contributed by atoms with Gasteiger partial charge in [-0.05, 0) is 38.1 Å². The number of carbonyl (C=O) groups excluding carboxylic acids is 1. The summed E-state index contributed by atoms with van der Waals surface area (Å²) in [6, 6.07) is 7.74. The van der Waals surface area contributed by atoms with Crippen molar-refractivity contribution < 1.29 is 9.53 Å². The Bertz CT molecular complexity index is 441. The number of ether oxygens (including phenoxy) is 1. The van der Waals surface area contributed by atoms with E-state index in [2.05, 4.69) is 28.2 Å². The lowest BCUT2D eigenvalue weighted by atomic mass is 10.2. The highest BCUT2D eigenvalue weighted by molar-refractivity contribution is 9.10. The van der Waals surface area contributed by atoms with Crippen LogP contribution >= 0.6 is 28.3 Å². The van der Waals surface area contributed by atoms with Gasteiger partial charge in [-0.3, -0.25) is 4.79 Å². The Labute approximate surface area is 134 Å². The Kier molecular flexibility index (Phi) is 6.79. The molecule has 112 valence electrons. The fourth-order valence-corrected chi connectivity index (χ4v) is 2.43. The van der Waals surface area contributed by atoms with Crippen molar-refractivity contribution in [2.24, 2.45) is 0 Å². The van der Waals surface area contributed by atoms with E-state index in [1.54, 1.807) is 6.92 Å². The molecule has 1 N–H and O–H groups in total. The minimum atomic E-state index is -0.457. The molecule has 20 heavy (non-hydrogen) atoms. The van der Waals surface area contributed by atoms with Crippen molar-refractivity contribution in [3.05, 3.63) is 28.7 Å². The van der Waals surface area contributed by atoms with E-state index in [0.717, 1.165) is 24.1 Å². The molecular formula is C14H20BrClN2O2. The first-order valence-corrected chi connectivity index (χ1v) is 7.30. The van der Waals surface area contributed by atoms with Crippen LogP contribution in [0.25, 0.3) is 0 Å². The number of hydrogen-bond donors (Lipinski definition) is 1. The second-order valence-corrected chi connectivity index (χ2v) is 5.71. The molecule has 0 spiro atoms. The van der Waals surface area contributed by atoms with Gasteiger partial charge >= 0.3 is 0 Å². The molecule has 1 aliphatic heterocycles. The van der Waals surface area contributed by atoms with Crippen molar-refractivity contribution in [3.63, 3.8) is 0 Å². The quantitative estimate of drug-likeness (QED) is 0.897. The summed E-state index contributed by atoms with van der Waals surface area (Å²) >= 11 is 3.37. The van der Waals surface area contributed by atoms with Crippen LogP contribution in [0, 0.1) is 0 Å². The minimum absolute atomic E-state index is 0. The molecule has 4 nitrogen and oxygen atoms in total. The maximum Gasteiger partial charge on any atom is 0.263 e.